The average molecular weight is 353 g/mol. The molecular weight excluding hydrogens is 326 g/mol. The highest BCUT2D eigenvalue weighted by Crippen LogP contribution is 2.42. The second-order valence-electron chi connectivity index (χ2n) is 7.98. The fraction of sp³-hybridized carbons (Fsp3) is 0.524. The standard InChI is InChI=1S/C21H27N3O2/c1-15(2)20-22-9-16(10-23-20)11-24-12-19(25)21(14-24)8-18(13-26-21)17-6-4-3-5-7-17/h3-7,9-10,15,18-19,25H,8,11-14H2,1-2H3/t18-,19+,21+/m0/s1. The first-order valence-corrected chi connectivity index (χ1v) is 9.46. The predicted molar refractivity (Wildman–Crippen MR) is 99.9 cm³/mol. The van der Waals surface area contributed by atoms with Crippen molar-refractivity contribution < 1.29 is 9.84 Å². The van der Waals surface area contributed by atoms with Crippen LogP contribution in [0.15, 0.2) is 42.7 Å². The van der Waals surface area contributed by atoms with Crippen molar-refractivity contribution in [1.82, 2.24) is 14.9 Å². The van der Waals surface area contributed by atoms with Crippen LogP contribution in [-0.4, -0.2) is 51.4 Å². The molecule has 2 aliphatic rings. The molecule has 0 unspecified atom stereocenters. The second kappa shape index (κ2) is 7.06. The molecule has 5 nitrogen and oxygen atoms in total. The Balaban J connectivity index is 1.41. The van der Waals surface area contributed by atoms with Crippen LogP contribution in [0.2, 0.25) is 0 Å². The van der Waals surface area contributed by atoms with E-state index in [1.54, 1.807) is 0 Å². The molecule has 26 heavy (non-hydrogen) atoms. The molecule has 1 spiro atoms. The summed E-state index contributed by atoms with van der Waals surface area (Å²) in [5.41, 5.74) is 1.93. The molecule has 1 N–H and O–H groups in total. The van der Waals surface area contributed by atoms with Gasteiger partial charge >= 0.3 is 0 Å². The lowest BCUT2D eigenvalue weighted by Crippen LogP contribution is -2.41. The first-order valence-electron chi connectivity index (χ1n) is 9.46. The van der Waals surface area contributed by atoms with Crippen molar-refractivity contribution in [3.05, 3.63) is 59.7 Å². The van der Waals surface area contributed by atoms with Crippen LogP contribution in [0.5, 0.6) is 0 Å². The maximum atomic E-state index is 10.7. The number of aliphatic hydroxyl groups excluding tert-OH is 1. The van der Waals surface area contributed by atoms with Gasteiger partial charge in [-0.15, -0.1) is 0 Å². The van der Waals surface area contributed by atoms with Gasteiger partial charge in [0.2, 0.25) is 0 Å². The summed E-state index contributed by atoms with van der Waals surface area (Å²) >= 11 is 0. The SMILES string of the molecule is CC(C)c1ncc(CN2C[C@@H](O)[C@@]3(C[C@H](c4ccccc4)CO3)C2)cn1. The number of hydrogen-bond acceptors (Lipinski definition) is 5. The Hall–Kier alpha value is -1.82. The monoisotopic (exact) mass is 353 g/mol. The molecule has 0 bridgehead atoms. The number of benzene rings is 1. The normalized spacial score (nSPS) is 29.1. The number of rotatable bonds is 4. The minimum absolute atomic E-state index is 0.336. The molecule has 0 saturated carbocycles. The molecule has 2 fully saturated rings. The third-order valence-corrected chi connectivity index (χ3v) is 5.61. The summed E-state index contributed by atoms with van der Waals surface area (Å²) < 4.78 is 6.18. The molecule has 0 aliphatic carbocycles. The van der Waals surface area contributed by atoms with Crippen molar-refractivity contribution >= 4 is 0 Å². The summed E-state index contributed by atoms with van der Waals surface area (Å²) in [6, 6.07) is 10.5. The molecule has 2 saturated heterocycles. The van der Waals surface area contributed by atoms with E-state index in [-0.39, 0.29) is 0 Å². The summed E-state index contributed by atoms with van der Waals surface area (Å²) in [5.74, 6) is 1.57. The van der Waals surface area contributed by atoms with Crippen LogP contribution in [0.1, 0.15) is 49.1 Å². The lowest BCUT2D eigenvalue weighted by molar-refractivity contribution is -0.0594. The van der Waals surface area contributed by atoms with Gasteiger partial charge in [-0.1, -0.05) is 44.2 Å². The van der Waals surface area contributed by atoms with Crippen LogP contribution in [0.4, 0.5) is 0 Å². The number of aromatic nitrogens is 2. The molecule has 4 rings (SSSR count). The van der Waals surface area contributed by atoms with E-state index in [9.17, 15) is 5.11 Å². The highest BCUT2D eigenvalue weighted by Gasteiger charge is 2.51. The molecule has 0 radical (unpaired) electrons. The van der Waals surface area contributed by atoms with Gasteiger partial charge in [0, 0.05) is 49.4 Å². The quantitative estimate of drug-likeness (QED) is 0.916. The van der Waals surface area contributed by atoms with Crippen LogP contribution in [-0.2, 0) is 11.3 Å². The molecule has 5 heteroatoms. The third kappa shape index (κ3) is 3.39. The number of likely N-dealkylation sites (tertiary alicyclic amines) is 1. The van der Waals surface area contributed by atoms with Gasteiger partial charge < -0.3 is 9.84 Å². The highest BCUT2D eigenvalue weighted by molar-refractivity contribution is 5.23. The van der Waals surface area contributed by atoms with Gasteiger partial charge in [0.05, 0.1) is 12.7 Å². The Bertz CT molecular complexity index is 735. The van der Waals surface area contributed by atoms with Crippen LogP contribution in [0, 0.1) is 0 Å². The van der Waals surface area contributed by atoms with Crippen molar-refractivity contribution in [2.45, 2.75) is 50.4 Å². The van der Waals surface area contributed by atoms with E-state index in [0.29, 0.717) is 25.0 Å². The summed E-state index contributed by atoms with van der Waals surface area (Å²) in [4.78, 5) is 11.2. The van der Waals surface area contributed by atoms with Crippen LogP contribution >= 0.6 is 0 Å². The lowest BCUT2D eigenvalue weighted by Gasteiger charge is -2.26. The zero-order valence-corrected chi connectivity index (χ0v) is 15.5. The van der Waals surface area contributed by atoms with Gasteiger partial charge in [-0.05, 0) is 12.0 Å². The van der Waals surface area contributed by atoms with E-state index in [0.717, 1.165) is 30.9 Å². The van der Waals surface area contributed by atoms with Gasteiger partial charge in [-0.3, -0.25) is 4.90 Å². The first kappa shape index (κ1) is 17.6. The molecule has 1 aromatic carbocycles. The summed E-state index contributed by atoms with van der Waals surface area (Å²) in [6.45, 7) is 7.00. The van der Waals surface area contributed by atoms with E-state index >= 15 is 0 Å². The van der Waals surface area contributed by atoms with Gasteiger partial charge in [0.15, 0.2) is 0 Å². The van der Waals surface area contributed by atoms with Crippen molar-refractivity contribution in [3.63, 3.8) is 0 Å². The fourth-order valence-corrected chi connectivity index (χ4v) is 4.17. The van der Waals surface area contributed by atoms with Gasteiger partial charge in [0.25, 0.3) is 0 Å². The summed E-state index contributed by atoms with van der Waals surface area (Å²) in [7, 11) is 0. The van der Waals surface area contributed by atoms with Crippen molar-refractivity contribution in [2.24, 2.45) is 0 Å². The lowest BCUT2D eigenvalue weighted by atomic mass is 9.87. The minimum atomic E-state index is -0.452. The molecule has 0 amide bonds. The predicted octanol–water partition coefficient (Wildman–Crippen LogP) is 2.72. The minimum Gasteiger partial charge on any atom is -0.389 e. The van der Waals surface area contributed by atoms with Gasteiger partial charge in [-0.2, -0.15) is 0 Å². The Labute approximate surface area is 155 Å². The van der Waals surface area contributed by atoms with Crippen LogP contribution in [0.25, 0.3) is 0 Å². The highest BCUT2D eigenvalue weighted by atomic mass is 16.5. The zero-order valence-electron chi connectivity index (χ0n) is 15.5. The Morgan fingerprint density at radius 1 is 1.23 bits per heavy atom. The van der Waals surface area contributed by atoms with Crippen molar-refractivity contribution in [2.75, 3.05) is 19.7 Å². The zero-order chi connectivity index (χ0) is 18.1. The van der Waals surface area contributed by atoms with Crippen molar-refractivity contribution in [1.29, 1.82) is 0 Å². The van der Waals surface area contributed by atoms with Crippen molar-refractivity contribution in [3.8, 4) is 0 Å². The van der Waals surface area contributed by atoms with E-state index in [4.69, 9.17) is 4.74 Å². The van der Waals surface area contributed by atoms with Crippen LogP contribution in [0.3, 0.4) is 0 Å². The Kier molecular flexibility index (Phi) is 4.78. The Morgan fingerprint density at radius 2 is 1.96 bits per heavy atom. The molecule has 3 heterocycles. The largest absolute Gasteiger partial charge is 0.389 e. The molecule has 1 aromatic heterocycles. The first-order chi connectivity index (χ1) is 12.6. The fourth-order valence-electron chi connectivity index (χ4n) is 4.17. The van der Waals surface area contributed by atoms with E-state index < -0.39 is 11.7 Å². The summed E-state index contributed by atoms with van der Waals surface area (Å²) in [6.07, 6.45) is 4.23. The number of β-amino-alcohol motifs (C(OH)–C–C–N with tert-alkyl or cyclic N) is 1. The number of aliphatic hydroxyl groups is 1. The van der Waals surface area contributed by atoms with Gasteiger partial charge in [0.1, 0.15) is 11.4 Å². The molecular formula is C21H27N3O2. The molecule has 2 aromatic rings. The van der Waals surface area contributed by atoms with E-state index in [1.807, 2.05) is 18.5 Å². The Morgan fingerprint density at radius 3 is 2.65 bits per heavy atom. The van der Waals surface area contributed by atoms with Crippen LogP contribution < -0.4 is 0 Å². The number of ether oxygens (including phenoxy) is 1. The summed E-state index contributed by atoms with van der Waals surface area (Å²) in [5, 5.41) is 10.7. The van der Waals surface area contributed by atoms with E-state index in [1.165, 1.54) is 5.56 Å². The molecule has 2 aliphatic heterocycles. The number of hydrogen-bond donors (Lipinski definition) is 1. The maximum absolute atomic E-state index is 10.7. The number of nitrogens with zero attached hydrogens (tertiary/aromatic N) is 3. The molecule has 138 valence electrons. The second-order valence-corrected chi connectivity index (χ2v) is 7.98. The smallest absolute Gasteiger partial charge is 0.130 e. The molecule has 3 atom stereocenters. The topological polar surface area (TPSA) is 58.5 Å². The third-order valence-electron chi connectivity index (χ3n) is 5.61. The maximum Gasteiger partial charge on any atom is 0.130 e. The van der Waals surface area contributed by atoms with Gasteiger partial charge in [-0.25, -0.2) is 9.97 Å². The average Bonchev–Trinajstić information content (AvgIpc) is 3.20. The van der Waals surface area contributed by atoms with E-state index in [2.05, 4.69) is 53.0 Å².